The second-order valence-corrected chi connectivity index (χ2v) is 6.53. The smallest absolute Gasteiger partial charge is 0.269 e. The third-order valence-electron chi connectivity index (χ3n) is 4.14. The zero-order valence-electron chi connectivity index (χ0n) is 15.1. The van der Waals surface area contributed by atoms with Crippen molar-refractivity contribution in [3.8, 4) is 11.5 Å². The van der Waals surface area contributed by atoms with Crippen LogP contribution in [0.1, 0.15) is 19.3 Å². The number of amides is 2. The van der Waals surface area contributed by atoms with Gasteiger partial charge in [-0.15, -0.1) is 0 Å². The number of rotatable bonds is 7. The summed E-state index contributed by atoms with van der Waals surface area (Å²) in [7, 11) is 0. The molecule has 7 heteroatoms. The lowest BCUT2D eigenvalue weighted by atomic mass is 10.1. The maximum absolute atomic E-state index is 12.8. The van der Waals surface area contributed by atoms with Gasteiger partial charge in [-0.2, -0.15) is 0 Å². The molecule has 0 atom stereocenters. The number of carbonyl (C=O) groups excluding carboxylic acids is 2. The van der Waals surface area contributed by atoms with Crippen LogP contribution in [0.4, 0.5) is 5.69 Å². The number of thiocarbonyl (C=S) groups is 1. The Morgan fingerprint density at radius 3 is 2.36 bits per heavy atom. The van der Waals surface area contributed by atoms with Crippen molar-refractivity contribution in [2.45, 2.75) is 19.3 Å². The molecule has 2 aromatic carbocycles. The second kappa shape index (κ2) is 9.25. The SMILES string of the molecule is O=C1NC(=S)N(c2ccc(Oc3ccccc3)cc2)C(=O)/C1=C/CCCCO. The van der Waals surface area contributed by atoms with Gasteiger partial charge in [-0.05, 0) is 67.9 Å². The number of para-hydroxylation sites is 1. The number of aliphatic hydroxyl groups excluding tert-OH is 1. The van der Waals surface area contributed by atoms with Crippen molar-refractivity contribution >= 4 is 34.8 Å². The van der Waals surface area contributed by atoms with E-state index in [9.17, 15) is 9.59 Å². The molecule has 1 fully saturated rings. The molecule has 3 rings (SSSR count). The Morgan fingerprint density at radius 2 is 1.68 bits per heavy atom. The van der Waals surface area contributed by atoms with Crippen LogP contribution in [0.5, 0.6) is 11.5 Å². The number of benzene rings is 2. The van der Waals surface area contributed by atoms with Crippen molar-refractivity contribution in [1.29, 1.82) is 0 Å². The third kappa shape index (κ3) is 4.62. The van der Waals surface area contributed by atoms with Gasteiger partial charge in [0.25, 0.3) is 11.8 Å². The molecule has 2 N–H and O–H groups in total. The highest BCUT2D eigenvalue weighted by Gasteiger charge is 2.34. The van der Waals surface area contributed by atoms with Gasteiger partial charge in [0.05, 0.1) is 5.69 Å². The van der Waals surface area contributed by atoms with E-state index in [0.29, 0.717) is 36.4 Å². The molecule has 0 unspecified atom stereocenters. The summed E-state index contributed by atoms with van der Waals surface area (Å²) >= 11 is 5.19. The minimum absolute atomic E-state index is 0.0410. The number of unbranched alkanes of at least 4 members (excludes halogenated alkanes) is 2. The van der Waals surface area contributed by atoms with E-state index < -0.39 is 11.8 Å². The number of carbonyl (C=O) groups is 2. The monoisotopic (exact) mass is 396 g/mol. The summed E-state index contributed by atoms with van der Waals surface area (Å²) in [5.41, 5.74) is 0.591. The molecule has 2 amide bonds. The van der Waals surface area contributed by atoms with Crippen LogP contribution in [0.25, 0.3) is 0 Å². The topological polar surface area (TPSA) is 78.9 Å². The van der Waals surface area contributed by atoms with Crippen LogP contribution >= 0.6 is 12.2 Å². The third-order valence-corrected chi connectivity index (χ3v) is 4.42. The van der Waals surface area contributed by atoms with Gasteiger partial charge in [-0.3, -0.25) is 19.8 Å². The molecule has 6 nitrogen and oxygen atoms in total. The highest BCUT2D eigenvalue weighted by molar-refractivity contribution is 7.80. The lowest BCUT2D eigenvalue weighted by Crippen LogP contribution is -2.54. The zero-order chi connectivity index (χ0) is 19.9. The van der Waals surface area contributed by atoms with Crippen LogP contribution in [-0.2, 0) is 9.59 Å². The molecule has 1 heterocycles. The van der Waals surface area contributed by atoms with Crippen LogP contribution < -0.4 is 15.0 Å². The normalized spacial score (nSPS) is 15.7. The largest absolute Gasteiger partial charge is 0.457 e. The van der Waals surface area contributed by atoms with Crippen LogP contribution in [-0.4, -0.2) is 28.6 Å². The molecule has 1 aliphatic rings. The summed E-state index contributed by atoms with van der Waals surface area (Å²) in [5, 5.41) is 11.4. The molecule has 0 saturated carbocycles. The van der Waals surface area contributed by atoms with Crippen molar-refractivity contribution in [2.24, 2.45) is 0 Å². The van der Waals surface area contributed by atoms with Gasteiger partial charge < -0.3 is 9.84 Å². The molecular formula is C21H20N2O4S. The minimum Gasteiger partial charge on any atom is -0.457 e. The summed E-state index contributed by atoms with van der Waals surface area (Å²) in [6, 6.07) is 16.3. The molecular weight excluding hydrogens is 376 g/mol. The van der Waals surface area contributed by atoms with Gasteiger partial charge in [0.1, 0.15) is 17.1 Å². The molecule has 0 bridgehead atoms. The van der Waals surface area contributed by atoms with E-state index in [1.54, 1.807) is 30.3 Å². The van der Waals surface area contributed by atoms with Crippen molar-refractivity contribution < 1.29 is 19.4 Å². The van der Waals surface area contributed by atoms with Gasteiger partial charge in [0.15, 0.2) is 5.11 Å². The Bertz CT molecular complexity index is 894. The standard InChI is InChI=1S/C21H20N2O4S/c24-14-6-2-5-9-18-19(25)22-21(28)23(20(18)26)15-10-12-17(13-11-15)27-16-7-3-1-4-8-16/h1,3-4,7-13,24H,2,5-6,14H2,(H,22,25,28)/b18-9+. The average molecular weight is 396 g/mol. The molecule has 28 heavy (non-hydrogen) atoms. The lowest BCUT2D eigenvalue weighted by molar-refractivity contribution is -0.122. The van der Waals surface area contributed by atoms with E-state index >= 15 is 0 Å². The fourth-order valence-electron chi connectivity index (χ4n) is 2.74. The van der Waals surface area contributed by atoms with Gasteiger partial charge in [0.2, 0.25) is 0 Å². The maximum Gasteiger partial charge on any atom is 0.269 e. The van der Waals surface area contributed by atoms with Crippen LogP contribution in [0.2, 0.25) is 0 Å². The average Bonchev–Trinajstić information content (AvgIpc) is 2.69. The Balaban J connectivity index is 1.76. The van der Waals surface area contributed by atoms with Crippen molar-refractivity contribution in [3.05, 3.63) is 66.2 Å². The number of ether oxygens (including phenoxy) is 1. The van der Waals surface area contributed by atoms with Crippen molar-refractivity contribution in [2.75, 3.05) is 11.5 Å². The zero-order valence-corrected chi connectivity index (χ0v) is 15.9. The van der Waals surface area contributed by atoms with E-state index in [2.05, 4.69) is 5.32 Å². The van der Waals surface area contributed by atoms with Gasteiger partial charge in [-0.25, -0.2) is 0 Å². The Kier molecular flexibility index (Phi) is 6.52. The number of aliphatic hydroxyl groups is 1. The van der Waals surface area contributed by atoms with Crippen LogP contribution in [0.15, 0.2) is 66.2 Å². The van der Waals surface area contributed by atoms with Crippen LogP contribution in [0.3, 0.4) is 0 Å². The van der Waals surface area contributed by atoms with Gasteiger partial charge in [-0.1, -0.05) is 24.3 Å². The first-order chi connectivity index (χ1) is 13.6. The molecule has 0 spiro atoms. The Morgan fingerprint density at radius 1 is 1.00 bits per heavy atom. The van der Waals surface area contributed by atoms with E-state index in [0.717, 1.165) is 0 Å². The predicted molar refractivity (Wildman–Crippen MR) is 110 cm³/mol. The Hall–Kier alpha value is -3.03. The van der Waals surface area contributed by atoms with E-state index in [4.69, 9.17) is 22.1 Å². The Labute approximate surface area is 168 Å². The summed E-state index contributed by atoms with van der Waals surface area (Å²) < 4.78 is 5.75. The summed E-state index contributed by atoms with van der Waals surface area (Å²) in [6.07, 6.45) is 3.43. The van der Waals surface area contributed by atoms with Crippen molar-refractivity contribution in [1.82, 2.24) is 5.32 Å². The van der Waals surface area contributed by atoms with E-state index in [1.807, 2.05) is 30.3 Å². The molecule has 144 valence electrons. The molecule has 1 aliphatic heterocycles. The number of allylic oxidation sites excluding steroid dienone is 1. The summed E-state index contributed by atoms with van der Waals surface area (Å²) in [6.45, 7) is 0.0803. The molecule has 0 aliphatic carbocycles. The molecule has 0 radical (unpaired) electrons. The predicted octanol–water partition coefficient (Wildman–Crippen LogP) is 3.32. The minimum atomic E-state index is -0.501. The molecule has 0 aromatic heterocycles. The molecule has 2 aromatic rings. The highest BCUT2D eigenvalue weighted by atomic mass is 32.1. The number of nitrogens with zero attached hydrogens (tertiary/aromatic N) is 1. The fourth-order valence-corrected chi connectivity index (χ4v) is 3.02. The maximum atomic E-state index is 12.8. The summed E-state index contributed by atoms with van der Waals surface area (Å²) in [4.78, 5) is 26.2. The first-order valence-corrected chi connectivity index (χ1v) is 9.34. The number of hydrogen-bond donors (Lipinski definition) is 2. The summed E-state index contributed by atoms with van der Waals surface area (Å²) in [5.74, 6) is 0.364. The first kappa shape index (κ1) is 19.7. The highest BCUT2D eigenvalue weighted by Crippen LogP contribution is 2.26. The van der Waals surface area contributed by atoms with E-state index in [-0.39, 0.29) is 17.3 Å². The lowest BCUT2D eigenvalue weighted by Gasteiger charge is -2.29. The van der Waals surface area contributed by atoms with Crippen molar-refractivity contribution in [3.63, 3.8) is 0 Å². The number of anilines is 1. The van der Waals surface area contributed by atoms with Crippen LogP contribution in [0, 0.1) is 0 Å². The van der Waals surface area contributed by atoms with Gasteiger partial charge in [0, 0.05) is 6.61 Å². The number of hydrogen-bond acceptors (Lipinski definition) is 5. The number of nitrogens with one attached hydrogen (secondary N) is 1. The molecule has 1 saturated heterocycles. The quantitative estimate of drug-likeness (QED) is 0.325. The second-order valence-electron chi connectivity index (χ2n) is 6.15. The fraction of sp³-hybridized carbons (Fsp3) is 0.190. The first-order valence-electron chi connectivity index (χ1n) is 8.94. The van der Waals surface area contributed by atoms with E-state index in [1.165, 1.54) is 4.90 Å². The van der Waals surface area contributed by atoms with Gasteiger partial charge >= 0.3 is 0 Å².